The van der Waals surface area contributed by atoms with E-state index in [9.17, 15) is 10.1 Å². The van der Waals surface area contributed by atoms with Gasteiger partial charge in [0.05, 0.1) is 12.1 Å². The molecule has 2 heterocycles. The molecule has 0 N–H and O–H groups in total. The number of nitriles is 1. The summed E-state index contributed by atoms with van der Waals surface area (Å²) >= 11 is 0. The van der Waals surface area contributed by atoms with Gasteiger partial charge in [0.2, 0.25) is 5.91 Å². The van der Waals surface area contributed by atoms with E-state index in [0.29, 0.717) is 18.2 Å². The SMILES string of the molecule is CC1CCC(N(C)C(=O)CN2CCN(c3ncccc3C#N)CC2)CC1. The van der Waals surface area contributed by atoms with Gasteiger partial charge in [0.15, 0.2) is 0 Å². The maximum absolute atomic E-state index is 12.7. The molecule has 2 aliphatic rings. The number of aromatic nitrogens is 1. The summed E-state index contributed by atoms with van der Waals surface area (Å²) in [6.45, 7) is 6.03. The van der Waals surface area contributed by atoms with Crippen LogP contribution >= 0.6 is 0 Å². The Kier molecular flexibility index (Phi) is 6.10. The average Bonchev–Trinajstić information content (AvgIpc) is 2.68. The predicted molar refractivity (Wildman–Crippen MR) is 102 cm³/mol. The normalized spacial score (nSPS) is 24.1. The number of pyridine rings is 1. The number of nitrogens with zero attached hydrogens (tertiary/aromatic N) is 5. The van der Waals surface area contributed by atoms with Crippen molar-refractivity contribution in [3.05, 3.63) is 23.9 Å². The van der Waals surface area contributed by atoms with Gasteiger partial charge < -0.3 is 9.80 Å². The lowest BCUT2D eigenvalue weighted by Crippen LogP contribution is -2.51. The topological polar surface area (TPSA) is 63.5 Å². The number of hydrogen-bond donors (Lipinski definition) is 0. The minimum atomic E-state index is 0.230. The van der Waals surface area contributed by atoms with E-state index in [4.69, 9.17) is 0 Å². The van der Waals surface area contributed by atoms with Crippen molar-refractivity contribution in [3.63, 3.8) is 0 Å². The molecule has 3 rings (SSSR count). The van der Waals surface area contributed by atoms with Gasteiger partial charge in [-0.25, -0.2) is 4.98 Å². The molecule has 1 saturated carbocycles. The average molecular weight is 355 g/mol. The summed E-state index contributed by atoms with van der Waals surface area (Å²) in [5.74, 6) is 1.79. The fraction of sp³-hybridized carbons (Fsp3) is 0.650. The lowest BCUT2D eigenvalue weighted by atomic mass is 9.87. The molecule has 1 aliphatic carbocycles. The van der Waals surface area contributed by atoms with Gasteiger partial charge >= 0.3 is 0 Å². The molecule has 1 aromatic heterocycles. The Hall–Kier alpha value is -2.13. The van der Waals surface area contributed by atoms with Crippen molar-refractivity contribution in [2.45, 2.75) is 38.6 Å². The molecule has 6 heteroatoms. The van der Waals surface area contributed by atoms with Crippen molar-refractivity contribution < 1.29 is 4.79 Å². The molecule has 0 aromatic carbocycles. The first-order valence-electron chi connectivity index (χ1n) is 9.66. The highest BCUT2D eigenvalue weighted by Crippen LogP contribution is 2.26. The van der Waals surface area contributed by atoms with Crippen molar-refractivity contribution >= 4 is 11.7 Å². The molecule has 0 atom stereocenters. The molecular formula is C20H29N5O. The zero-order valence-corrected chi connectivity index (χ0v) is 15.9. The molecule has 0 spiro atoms. The maximum atomic E-state index is 12.7. The lowest BCUT2D eigenvalue weighted by Gasteiger charge is -2.38. The highest BCUT2D eigenvalue weighted by Gasteiger charge is 2.27. The third-order valence-electron chi connectivity index (χ3n) is 5.86. The van der Waals surface area contributed by atoms with E-state index >= 15 is 0 Å². The lowest BCUT2D eigenvalue weighted by molar-refractivity contribution is -0.134. The predicted octanol–water partition coefficient (Wildman–Crippen LogP) is 2.11. The van der Waals surface area contributed by atoms with E-state index in [0.717, 1.165) is 50.8 Å². The quantitative estimate of drug-likeness (QED) is 0.828. The zero-order valence-electron chi connectivity index (χ0n) is 15.9. The number of anilines is 1. The minimum Gasteiger partial charge on any atom is -0.353 e. The molecule has 26 heavy (non-hydrogen) atoms. The summed E-state index contributed by atoms with van der Waals surface area (Å²) in [5, 5.41) is 9.24. The van der Waals surface area contributed by atoms with Crippen LogP contribution in [0.2, 0.25) is 0 Å². The van der Waals surface area contributed by atoms with E-state index in [-0.39, 0.29) is 5.91 Å². The van der Waals surface area contributed by atoms with Crippen LogP contribution < -0.4 is 4.90 Å². The van der Waals surface area contributed by atoms with E-state index in [1.165, 1.54) is 12.8 Å². The van der Waals surface area contributed by atoms with E-state index in [1.54, 1.807) is 18.3 Å². The first kappa shape index (κ1) is 18.7. The summed E-state index contributed by atoms with van der Waals surface area (Å²) < 4.78 is 0. The van der Waals surface area contributed by atoms with Crippen LogP contribution in [-0.4, -0.2) is 66.5 Å². The van der Waals surface area contributed by atoms with Crippen molar-refractivity contribution in [1.82, 2.24) is 14.8 Å². The van der Waals surface area contributed by atoms with Crippen LogP contribution in [0.4, 0.5) is 5.82 Å². The highest BCUT2D eigenvalue weighted by molar-refractivity contribution is 5.78. The fourth-order valence-electron chi connectivity index (χ4n) is 3.99. The van der Waals surface area contributed by atoms with Crippen molar-refractivity contribution in [2.24, 2.45) is 5.92 Å². The van der Waals surface area contributed by atoms with Gasteiger partial charge in [-0.2, -0.15) is 5.26 Å². The molecule has 6 nitrogen and oxygen atoms in total. The third-order valence-corrected chi connectivity index (χ3v) is 5.86. The van der Waals surface area contributed by atoms with Gasteiger partial charge in [-0.05, 0) is 43.7 Å². The highest BCUT2D eigenvalue weighted by atomic mass is 16.2. The number of rotatable bonds is 4. The third kappa shape index (κ3) is 4.34. The molecule has 1 aromatic rings. The molecular weight excluding hydrogens is 326 g/mol. The number of likely N-dealkylation sites (N-methyl/N-ethyl adjacent to an activating group) is 1. The van der Waals surface area contributed by atoms with Gasteiger partial charge in [0.1, 0.15) is 11.9 Å². The van der Waals surface area contributed by atoms with Crippen LogP contribution in [0.5, 0.6) is 0 Å². The number of piperazine rings is 1. The smallest absolute Gasteiger partial charge is 0.236 e. The molecule has 1 saturated heterocycles. The zero-order chi connectivity index (χ0) is 18.5. The van der Waals surface area contributed by atoms with Gasteiger partial charge in [0, 0.05) is 45.5 Å². The van der Waals surface area contributed by atoms with Crippen LogP contribution in [0.1, 0.15) is 38.2 Å². The van der Waals surface area contributed by atoms with Gasteiger partial charge in [-0.1, -0.05) is 6.92 Å². The fourth-order valence-corrected chi connectivity index (χ4v) is 3.99. The second-order valence-electron chi connectivity index (χ2n) is 7.67. The Labute approximate surface area is 156 Å². The van der Waals surface area contributed by atoms with E-state index < -0.39 is 0 Å². The summed E-state index contributed by atoms with van der Waals surface area (Å²) in [5.41, 5.74) is 0.614. The number of carbonyl (C=O) groups excluding carboxylic acids is 1. The second-order valence-corrected chi connectivity index (χ2v) is 7.67. The van der Waals surface area contributed by atoms with Crippen molar-refractivity contribution in [3.8, 4) is 6.07 Å². The Balaban J connectivity index is 1.49. The van der Waals surface area contributed by atoms with Gasteiger partial charge in [-0.15, -0.1) is 0 Å². The number of hydrogen-bond acceptors (Lipinski definition) is 5. The van der Waals surface area contributed by atoms with Crippen molar-refractivity contribution in [1.29, 1.82) is 5.26 Å². The Morgan fingerprint density at radius 1 is 1.27 bits per heavy atom. The number of carbonyl (C=O) groups is 1. The Morgan fingerprint density at radius 2 is 1.96 bits per heavy atom. The van der Waals surface area contributed by atoms with Crippen LogP contribution in [0.15, 0.2) is 18.3 Å². The molecule has 2 fully saturated rings. The molecule has 0 radical (unpaired) electrons. The molecule has 1 amide bonds. The monoisotopic (exact) mass is 355 g/mol. The first-order valence-corrected chi connectivity index (χ1v) is 9.66. The summed E-state index contributed by atoms with van der Waals surface area (Å²) in [6.07, 6.45) is 6.45. The van der Waals surface area contributed by atoms with Crippen LogP contribution in [0.25, 0.3) is 0 Å². The number of amides is 1. The molecule has 1 aliphatic heterocycles. The molecule has 0 bridgehead atoms. The van der Waals surface area contributed by atoms with Gasteiger partial charge in [-0.3, -0.25) is 9.69 Å². The summed E-state index contributed by atoms with van der Waals surface area (Å²) in [7, 11) is 1.96. The maximum Gasteiger partial charge on any atom is 0.236 e. The Morgan fingerprint density at radius 3 is 2.62 bits per heavy atom. The molecule has 140 valence electrons. The van der Waals surface area contributed by atoms with E-state index in [2.05, 4.69) is 27.8 Å². The minimum absolute atomic E-state index is 0.230. The summed E-state index contributed by atoms with van der Waals surface area (Å²) in [4.78, 5) is 23.4. The van der Waals surface area contributed by atoms with Gasteiger partial charge in [0.25, 0.3) is 0 Å². The summed E-state index contributed by atoms with van der Waals surface area (Å²) in [6, 6.07) is 6.22. The van der Waals surface area contributed by atoms with Crippen LogP contribution in [-0.2, 0) is 4.79 Å². The largest absolute Gasteiger partial charge is 0.353 e. The van der Waals surface area contributed by atoms with E-state index in [1.807, 2.05) is 11.9 Å². The second kappa shape index (κ2) is 8.50. The standard InChI is InChI=1S/C20H29N5O/c1-16-5-7-18(8-6-16)23(2)19(26)15-24-10-12-25(13-11-24)20-17(14-21)4-3-9-22-20/h3-4,9,16,18H,5-8,10-13,15H2,1-2H3. The van der Waals surface area contributed by atoms with Crippen molar-refractivity contribution in [2.75, 3.05) is 44.7 Å². The first-order chi connectivity index (χ1) is 12.6. The Bertz CT molecular complexity index is 654. The van der Waals surface area contributed by atoms with Crippen LogP contribution in [0.3, 0.4) is 0 Å². The molecule has 0 unspecified atom stereocenters. The van der Waals surface area contributed by atoms with Crippen LogP contribution in [0, 0.1) is 17.2 Å².